The van der Waals surface area contributed by atoms with Crippen molar-refractivity contribution in [3.8, 4) is 5.75 Å². The van der Waals surface area contributed by atoms with E-state index in [0.717, 1.165) is 12.1 Å². The zero-order valence-corrected chi connectivity index (χ0v) is 12.4. The van der Waals surface area contributed by atoms with Crippen LogP contribution in [0.2, 0.25) is 0 Å². The van der Waals surface area contributed by atoms with Crippen molar-refractivity contribution in [1.29, 1.82) is 0 Å². The summed E-state index contributed by atoms with van der Waals surface area (Å²) in [6, 6.07) is 1.96. The van der Waals surface area contributed by atoms with Gasteiger partial charge in [0.2, 0.25) is 15.9 Å². The maximum Gasteiger partial charge on any atom is 0.245 e. The second kappa shape index (κ2) is 7.34. The van der Waals surface area contributed by atoms with Crippen molar-refractivity contribution in [2.45, 2.75) is 17.9 Å². The summed E-state index contributed by atoms with van der Waals surface area (Å²) in [4.78, 5) is 11.2. The van der Waals surface area contributed by atoms with Crippen molar-refractivity contribution in [2.24, 2.45) is 0 Å². The molecule has 0 bridgehead atoms. The van der Waals surface area contributed by atoms with Crippen LogP contribution >= 0.6 is 0 Å². The zero-order valence-electron chi connectivity index (χ0n) is 11.6. The number of carbonyl (C=O) groups is 1. The zero-order chi connectivity index (χ0) is 16.0. The lowest BCUT2D eigenvalue weighted by atomic mass is 10.3. The Morgan fingerprint density at radius 1 is 1.48 bits per heavy atom. The van der Waals surface area contributed by atoms with E-state index in [9.17, 15) is 17.6 Å². The van der Waals surface area contributed by atoms with Gasteiger partial charge in [-0.15, -0.1) is 0 Å². The minimum Gasteiger partial charge on any atom is -0.495 e. The largest absolute Gasteiger partial charge is 0.495 e. The molecule has 0 radical (unpaired) electrons. The van der Waals surface area contributed by atoms with E-state index >= 15 is 0 Å². The van der Waals surface area contributed by atoms with E-state index in [2.05, 4.69) is 10.0 Å². The van der Waals surface area contributed by atoms with Gasteiger partial charge in [-0.25, -0.2) is 12.8 Å². The number of aliphatic hydroxyl groups is 1. The van der Waals surface area contributed by atoms with E-state index in [4.69, 9.17) is 9.84 Å². The van der Waals surface area contributed by atoms with Gasteiger partial charge in [-0.05, 0) is 25.1 Å². The van der Waals surface area contributed by atoms with Crippen molar-refractivity contribution in [3.05, 3.63) is 24.0 Å². The molecular formula is C12H17FN2O5S. The molecule has 0 saturated carbocycles. The number of carbonyl (C=O) groups excluding carboxylic acids is 1. The fraction of sp³-hybridized carbons (Fsp3) is 0.417. The molecule has 21 heavy (non-hydrogen) atoms. The molecule has 1 aromatic rings. The quantitative estimate of drug-likeness (QED) is 0.635. The number of aliphatic hydroxyl groups excluding tert-OH is 1. The average Bonchev–Trinajstić information content (AvgIpc) is 2.44. The Morgan fingerprint density at radius 3 is 2.71 bits per heavy atom. The van der Waals surface area contributed by atoms with Gasteiger partial charge >= 0.3 is 0 Å². The standard InChI is InChI=1S/C12H17FN2O5S/c1-8(12(17)14-5-6-16)15-21(18,19)11-7-9(13)3-4-10(11)20-2/h3-4,7-8,15-16H,5-6H2,1-2H3,(H,14,17). The summed E-state index contributed by atoms with van der Waals surface area (Å²) in [5, 5.41) is 10.9. The van der Waals surface area contributed by atoms with Crippen LogP contribution in [0.3, 0.4) is 0 Å². The molecule has 1 atom stereocenters. The number of hydrogen-bond donors (Lipinski definition) is 3. The summed E-state index contributed by atoms with van der Waals surface area (Å²) in [5.74, 6) is -1.39. The molecule has 0 heterocycles. The fourth-order valence-electron chi connectivity index (χ4n) is 1.54. The molecule has 0 fully saturated rings. The van der Waals surface area contributed by atoms with Crippen molar-refractivity contribution >= 4 is 15.9 Å². The van der Waals surface area contributed by atoms with Crippen molar-refractivity contribution in [2.75, 3.05) is 20.3 Å². The van der Waals surface area contributed by atoms with E-state index in [-0.39, 0.29) is 18.9 Å². The normalized spacial score (nSPS) is 12.8. The van der Waals surface area contributed by atoms with Gasteiger partial charge in [0.25, 0.3) is 0 Å². The predicted molar refractivity (Wildman–Crippen MR) is 72.8 cm³/mol. The minimum atomic E-state index is -4.13. The molecule has 1 rings (SSSR count). The van der Waals surface area contributed by atoms with E-state index < -0.39 is 32.7 Å². The third-order valence-corrected chi connectivity index (χ3v) is 4.11. The second-order valence-corrected chi connectivity index (χ2v) is 5.84. The van der Waals surface area contributed by atoms with Gasteiger partial charge in [-0.2, -0.15) is 4.72 Å². The van der Waals surface area contributed by atoms with Crippen LogP contribution in [-0.4, -0.2) is 45.7 Å². The third kappa shape index (κ3) is 4.66. The summed E-state index contributed by atoms with van der Waals surface area (Å²) in [5.41, 5.74) is 0. The highest BCUT2D eigenvalue weighted by molar-refractivity contribution is 7.89. The van der Waals surface area contributed by atoms with Gasteiger partial charge in [0, 0.05) is 6.54 Å². The SMILES string of the molecule is COc1ccc(F)cc1S(=O)(=O)NC(C)C(=O)NCCO. The third-order valence-electron chi connectivity index (χ3n) is 2.55. The monoisotopic (exact) mass is 320 g/mol. The first-order chi connectivity index (χ1) is 9.81. The summed E-state index contributed by atoms with van der Waals surface area (Å²) < 4.78 is 44.5. The van der Waals surface area contributed by atoms with Gasteiger partial charge < -0.3 is 15.2 Å². The fourth-order valence-corrected chi connectivity index (χ4v) is 2.93. The first-order valence-electron chi connectivity index (χ1n) is 6.06. The van der Waals surface area contributed by atoms with Crippen LogP contribution in [0.15, 0.2) is 23.1 Å². The molecule has 0 spiro atoms. The average molecular weight is 320 g/mol. The number of methoxy groups -OCH3 is 1. The van der Waals surface area contributed by atoms with E-state index in [0.29, 0.717) is 0 Å². The molecular weight excluding hydrogens is 303 g/mol. The molecule has 1 amide bonds. The molecule has 118 valence electrons. The Balaban J connectivity index is 2.96. The van der Waals surface area contributed by atoms with E-state index in [1.165, 1.54) is 20.1 Å². The van der Waals surface area contributed by atoms with Crippen LogP contribution in [0.25, 0.3) is 0 Å². The Bertz CT molecular complexity index is 606. The summed E-state index contributed by atoms with van der Waals surface area (Å²) in [6.07, 6.45) is 0. The van der Waals surface area contributed by atoms with Gasteiger partial charge in [0.15, 0.2) is 0 Å². The maximum absolute atomic E-state index is 13.2. The molecule has 0 aliphatic carbocycles. The first-order valence-corrected chi connectivity index (χ1v) is 7.54. The topological polar surface area (TPSA) is 105 Å². The summed E-state index contributed by atoms with van der Waals surface area (Å²) >= 11 is 0. The molecule has 0 saturated heterocycles. The van der Waals surface area contributed by atoms with Crippen LogP contribution in [0.5, 0.6) is 5.75 Å². The lowest BCUT2D eigenvalue weighted by Crippen LogP contribution is -2.45. The van der Waals surface area contributed by atoms with Gasteiger partial charge in [0.1, 0.15) is 16.5 Å². The van der Waals surface area contributed by atoms with Crippen molar-refractivity contribution in [3.63, 3.8) is 0 Å². The number of ether oxygens (including phenoxy) is 1. The van der Waals surface area contributed by atoms with E-state index in [1.54, 1.807) is 0 Å². The minimum absolute atomic E-state index is 0.00812. The Kier molecular flexibility index (Phi) is 6.06. The molecule has 1 aromatic carbocycles. The van der Waals surface area contributed by atoms with Gasteiger partial charge in [0.05, 0.1) is 19.8 Å². The molecule has 7 nitrogen and oxygen atoms in total. The van der Waals surface area contributed by atoms with Gasteiger partial charge in [-0.3, -0.25) is 4.79 Å². The predicted octanol–water partition coefficient (Wildman–Crippen LogP) is -0.390. The van der Waals surface area contributed by atoms with Crippen LogP contribution in [0.4, 0.5) is 4.39 Å². The van der Waals surface area contributed by atoms with E-state index in [1.807, 2.05) is 0 Å². The number of rotatable bonds is 7. The second-order valence-electron chi connectivity index (χ2n) is 4.15. The number of hydrogen-bond acceptors (Lipinski definition) is 5. The number of nitrogens with one attached hydrogen (secondary N) is 2. The Hall–Kier alpha value is -1.71. The first kappa shape index (κ1) is 17.3. The maximum atomic E-state index is 13.2. The lowest BCUT2D eigenvalue weighted by molar-refractivity contribution is -0.122. The molecule has 3 N–H and O–H groups in total. The Morgan fingerprint density at radius 2 is 2.14 bits per heavy atom. The number of amides is 1. The molecule has 0 aliphatic rings. The molecule has 0 aliphatic heterocycles. The van der Waals surface area contributed by atoms with Crippen molar-refractivity contribution < 1.29 is 27.4 Å². The van der Waals surface area contributed by atoms with Crippen molar-refractivity contribution in [1.82, 2.24) is 10.0 Å². The summed E-state index contributed by atoms with van der Waals surface area (Å²) in [6.45, 7) is 1.08. The van der Waals surface area contributed by atoms with Crippen LogP contribution in [0, 0.1) is 5.82 Å². The number of sulfonamides is 1. The molecule has 9 heteroatoms. The summed E-state index contributed by atoms with van der Waals surface area (Å²) in [7, 11) is -2.88. The highest BCUT2D eigenvalue weighted by atomic mass is 32.2. The van der Waals surface area contributed by atoms with Crippen LogP contribution < -0.4 is 14.8 Å². The number of halogens is 1. The smallest absolute Gasteiger partial charge is 0.245 e. The van der Waals surface area contributed by atoms with Gasteiger partial charge in [-0.1, -0.05) is 0 Å². The van der Waals surface area contributed by atoms with Crippen LogP contribution in [-0.2, 0) is 14.8 Å². The Labute approximate surface area is 122 Å². The lowest BCUT2D eigenvalue weighted by Gasteiger charge is -2.15. The highest BCUT2D eigenvalue weighted by Gasteiger charge is 2.25. The number of benzene rings is 1. The highest BCUT2D eigenvalue weighted by Crippen LogP contribution is 2.24. The molecule has 0 aromatic heterocycles. The molecule has 1 unspecified atom stereocenters. The van der Waals surface area contributed by atoms with Crippen LogP contribution in [0.1, 0.15) is 6.92 Å².